The Morgan fingerprint density at radius 2 is 2.30 bits per heavy atom. The van der Waals surface area contributed by atoms with Gasteiger partial charge >= 0.3 is 0 Å². The molecule has 1 aromatic heterocycles. The Hall–Kier alpha value is -1.33. The molecule has 1 saturated carbocycles. The molecule has 108 valence electrons. The van der Waals surface area contributed by atoms with Gasteiger partial charge in [0.25, 0.3) is 0 Å². The van der Waals surface area contributed by atoms with Crippen molar-refractivity contribution in [3.05, 3.63) is 18.3 Å². The van der Waals surface area contributed by atoms with E-state index in [1.807, 2.05) is 6.20 Å². The Bertz CT molecular complexity index is 486. The third kappa shape index (κ3) is 2.05. The quantitative estimate of drug-likeness (QED) is 0.898. The zero-order valence-electron chi connectivity index (χ0n) is 11.7. The smallest absolute Gasteiger partial charge is 0.215 e. The van der Waals surface area contributed by atoms with Crippen molar-refractivity contribution in [2.24, 2.45) is 0 Å². The van der Waals surface area contributed by atoms with Crippen LogP contribution in [0.3, 0.4) is 0 Å². The average molecular weight is 275 g/mol. The number of aromatic nitrogens is 1. The lowest BCUT2D eigenvalue weighted by Gasteiger charge is -2.53. The van der Waals surface area contributed by atoms with Crippen molar-refractivity contribution in [1.82, 2.24) is 10.3 Å². The highest BCUT2D eigenvalue weighted by molar-refractivity contribution is 5.52. The predicted octanol–water partition coefficient (Wildman–Crippen LogP) is 1.19. The van der Waals surface area contributed by atoms with E-state index in [1.165, 1.54) is 12.1 Å². The SMILES string of the molecule is c1cc(N2CCNCC23COC3)cc(OC2CCC2)n1. The summed E-state index contributed by atoms with van der Waals surface area (Å²) < 4.78 is 11.4. The molecular formula is C15H21N3O2. The van der Waals surface area contributed by atoms with Crippen LogP contribution in [-0.4, -0.2) is 49.5 Å². The number of ether oxygens (including phenoxy) is 2. The maximum absolute atomic E-state index is 5.92. The van der Waals surface area contributed by atoms with Crippen molar-refractivity contribution in [3.8, 4) is 5.88 Å². The van der Waals surface area contributed by atoms with Crippen molar-refractivity contribution in [2.75, 3.05) is 37.7 Å². The molecule has 1 aliphatic carbocycles. The first-order valence-corrected chi connectivity index (χ1v) is 7.55. The Balaban J connectivity index is 1.55. The van der Waals surface area contributed by atoms with Crippen LogP contribution in [0, 0.1) is 0 Å². The summed E-state index contributed by atoms with van der Waals surface area (Å²) in [7, 11) is 0. The highest BCUT2D eigenvalue weighted by Crippen LogP contribution is 2.33. The molecule has 2 aliphatic heterocycles. The van der Waals surface area contributed by atoms with E-state index in [0.29, 0.717) is 6.10 Å². The molecule has 0 aromatic carbocycles. The predicted molar refractivity (Wildman–Crippen MR) is 76.3 cm³/mol. The highest BCUT2D eigenvalue weighted by Gasteiger charge is 2.45. The molecule has 5 nitrogen and oxygen atoms in total. The zero-order chi connectivity index (χ0) is 13.4. The molecule has 3 fully saturated rings. The van der Waals surface area contributed by atoms with Gasteiger partial charge in [0.15, 0.2) is 0 Å². The Labute approximate surface area is 119 Å². The maximum Gasteiger partial charge on any atom is 0.215 e. The molecule has 1 aromatic rings. The molecule has 0 bridgehead atoms. The van der Waals surface area contributed by atoms with E-state index >= 15 is 0 Å². The van der Waals surface area contributed by atoms with Gasteiger partial charge in [-0.3, -0.25) is 0 Å². The fourth-order valence-electron chi connectivity index (χ4n) is 3.13. The monoisotopic (exact) mass is 275 g/mol. The van der Waals surface area contributed by atoms with Crippen LogP contribution in [0.25, 0.3) is 0 Å². The zero-order valence-corrected chi connectivity index (χ0v) is 11.7. The lowest BCUT2D eigenvalue weighted by atomic mass is 9.92. The second kappa shape index (κ2) is 4.90. The van der Waals surface area contributed by atoms with Crippen molar-refractivity contribution >= 4 is 5.69 Å². The van der Waals surface area contributed by atoms with Gasteiger partial charge in [0.1, 0.15) is 6.10 Å². The number of hydrogen-bond acceptors (Lipinski definition) is 5. The van der Waals surface area contributed by atoms with E-state index in [0.717, 1.165) is 51.6 Å². The fourth-order valence-corrected chi connectivity index (χ4v) is 3.13. The summed E-state index contributed by atoms with van der Waals surface area (Å²) in [5.41, 5.74) is 1.34. The average Bonchev–Trinajstić information content (AvgIpc) is 2.41. The summed E-state index contributed by atoms with van der Waals surface area (Å²) in [5.74, 6) is 0.765. The van der Waals surface area contributed by atoms with Gasteiger partial charge in [0.2, 0.25) is 5.88 Å². The summed E-state index contributed by atoms with van der Waals surface area (Å²) in [6.45, 7) is 4.63. The van der Waals surface area contributed by atoms with Crippen LogP contribution in [0.15, 0.2) is 18.3 Å². The number of nitrogens with zero attached hydrogens (tertiary/aromatic N) is 2. The topological polar surface area (TPSA) is 46.6 Å². The third-order valence-corrected chi connectivity index (χ3v) is 4.65. The largest absolute Gasteiger partial charge is 0.474 e. The number of rotatable bonds is 3. The molecular weight excluding hydrogens is 254 g/mol. The number of nitrogens with one attached hydrogen (secondary N) is 1. The van der Waals surface area contributed by atoms with Gasteiger partial charge < -0.3 is 19.7 Å². The van der Waals surface area contributed by atoms with Gasteiger partial charge in [-0.1, -0.05) is 0 Å². The Morgan fingerprint density at radius 1 is 1.40 bits per heavy atom. The fraction of sp³-hybridized carbons (Fsp3) is 0.667. The van der Waals surface area contributed by atoms with E-state index in [9.17, 15) is 0 Å². The summed E-state index contributed by atoms with van der Waals surface area (Å²) in [6.07, 6.45) is 5.84. The lowest BCUT2D eigenvalue weighted by Crippen LogP contribution is -2.71. The van der Waals surface area contributed by atoms with Crippen molar-refractivity contribution in [1.29, 1.82) is 0 Å². The van der Waals surface area contributed by atoms with Crippen LogP contribution in [0.4, 0.5) is 5.69 Å². The number of anilines is 1. The van der Waals surface area contributed by atoms with Crippen LogP contribution in [0.5, 0.6) is 5.88 Å². The van der Waals surface area contributed by atoms with E-state index in [-0.39, 0.29) is 5.54 Å². The third-order valence-electron chi connectivity index (χ3n) is 4.65. The van der Waals surface area contributed by atoms with Gasteiger partial charge in [0, 0.05) is 37.6 Å². The normalized spacial score (nSPS) is 25.1. The first kappa shape index (κ1) is 12.4. The summed E-state index contributed by atoms with van der Waals surface area (Å²) in [6, 6.07) is 4.17. The molecule has 2 saturated heterocycles. The first-order valence-electron chi connectivity index (χ1n) is 7.55. The van der Waals surface area contributed by atoms with Gasteiger partial charge in [-0.15, -0.1) is 0 Å². The Morgan fingerprint density at radius 3 is 3.00 bits per heavy atom. The number of pyridine rings is 1. The number of hydrogen-bond donors (Lipinski definition) is 1. The van der Waals surface area contributed by atoms with Crippen molar-refractivity contribution < 1.29 is 9.47 Å². The van der Waals surface area contributed by atoms with E-state index in [2.05, 4.69) is 27.3 Å². The summed E-state index contributed by atoms with van der Waals surface area (Å²) in [5, 5.41) is 3.47. The molecule has 0 amide bonds. The molecule has 0 radical (unpaired) electrons. The molecule has 5 heteroatoms. The van der Waals surface area contributed by atoms with Gasteiger partial charge in [-0.25, -0.2) is 4.98 Å². The molecule has 4 rings (SSSR count). The van der Waals surface area contributed by atoms with Crippen LogP contribution in [0.1, 0.15) is 19.3 Å². The summed E-state index contributed by atoms with van der Waals surface area (Å²) >= 11 is 0. The van der Waals surface area contributed by atoms with Crippen LogP contribution in [-0.2, 0) is 4.74 Å². The standard InChI is InChI=1S/C15H21N3O2/c1-2-13(3-1)20-14-8-12(4-5-17-14)18-7-6-16-9-15(18)10-19-11-15/h4-5,8,13,16H,1-3,6-7,9-11H2. The van der Waals surface area contributed by atoms with Gasteiger partial charge in [-0.05, 0) is 25.3 Å². The second-order valence-corrected chi connectivity index (χ2v) is 6.07. The van der Waals surface area contributed by atoms with Crippen molar-refractivity contribution in [2.45, 2.75) is 30.9 Å². The minimum absolute atomic E-state index is 0.132. The molecule has 3 aliphatic rings. The Kier molecular flexibility index (Phi) is 3.04. The number of piperazine rings is 1. The van der Waals surface area contributed by atoms with E-state index in [1.54, 1.807) is 0 Å². The van der Waals surface area contributed by atoms with Gasteiger partial charge in [0.05, 0.1) is 18.8 Å². The molecule has 20 heavy (non-hydrogen) atoms. The van der Waals surface area contributed by atoms with E-state index < -0.39 is 0 Å². The molecule has 1 N–H and O–H groups in total. The van der Waals surface area contributed by atoms with E-state index in [4.69, 9.17) is 9.47 Å². The van der Waals surface area contributed by atoms with Crippen LogP contribution < -0.4 is 15.0 Å². The van der Waals surface area contributed by atoms with Crippen molar-refractivity contribution in [3.63, 3.8) is 0 Å². The molecule has 1 spiro atoms. The van der Waals surface area contributed by atoms with Gasteiger partial charge in [-0.2, -0.15) is 0 Å². The minimum atomic E-state index is 0.132. The van der Waals surface area contributed by atoms with Crippen LogP contribution in [0.2, 0.25) is 0 Å². The maximum atomic E-state index is 5.92. The summed E-state index contributed by atoms with van der Waals surface area (Å²) in [4.78, 5) is 6.81. The van der Waals surface area contributed by atoms with Crippen LogP contribution >= 0.6 is 0 Å². The molecule has 3 heterocycles. The lowest BCUT2D eigenvalue weighted by molar-refractivity contribution is -0.0615. The molecule has 0 unspecified atom stereocenters. The minimum Gasteiger partial charge on any atom is -0.474 e. The highest BCUT2D eigenvalue weighted by atomic mass is 16.5. The first-order chi connectivity index (χ1) is 9.86. The molecule has 0 atom stereocenters. The second-order valence-electron chi connectivity index (χ2n) is 6.07.